The molecule has 2 heterocycles. The monoisotopic (exact) mass is 296 g/mol. The minimum Gasteiger partial charge on any atom is -0.465 e. The van der Waals surface area contributed by atoms with Gasteiger partial charge in [0.2, 0.25) is 10.0 Å². The highest BCUT2D eigenvalue weighted by molar-refractivity contribution is 7.89. The number of carbonyl (C=O) groups excluding carboxylic acids is 1. The van der Waals surface area contributed by atoms with Crippen molar-refractivity contribution in [3.8, 4) is 0 Å². The van der Waals surface area contributed by atoms with E-state index in [9.17, 15) is 13.2 Å². The van der Waals surface area contributed by atoms with E-state index in [2.05, 4.69) is 9.72 Å². The summed E-state index contributed by atoms with van der Waals surface area (Å²) in [5.41, 5.74) is 0.214. The lowest BCUT2D eigenvalue weighted by molar-refractivity contribution is 0.0599. The molecule has 1 aliphatic heterocycles. The Bertz CT molecular complexity index is 678. The molecule has 3 rings (SSSR count). The van der Waals surface area contributed by atoms with Gasteiger partial charge in [0.1, 0.15) is 4.90 Å². The number of rotatable bonds is 1. The lowest BCUT2D eigenvalue weighted by atomic mass is 9.92. The number of pyridine rings is 1. The summed E-state index contributed by atoms with van der Waals surface area (Å²) >= 11 is 0. The highest BCUT2D eigenvalue weighted by Gasteiger charge is 2.54. The van der Waals surface area contributed by atoms with Crippen LogP contribution in [0.25, 0.3) is 0 Å². The fraction of sp³-hybridized carbons (Fsp3) is 0.538. The molecule has 2 aliphatic rings. The molecule has 7 heteroatoms. The average Bonchev–Trinajstić information content (AvgIpc) is 3.00. The summed E-state index contributed by atoms with van der Waals surface area (Å²) in [7, 11) is -0.721. The Morgan fingerprint density at radius 1 is 1.40 bits per heavy atom. The molecule has 1 spiro atoms. The van der Waals surface area contributed by atoms with E-state index in [0.29, 0.717) is 5.69 Å². The van der Waals surface area contributed by atoms with E-state index in [0.717, 1.165) is 25.7 Å². The first-order chi connectivity index (χ1) is 9.43. The molecule has 0 atom stereocenters. The summed E-state index contributed by atoms with van der Waals surface area (Å²) in [4.78, 5) is 16.0. The van der Waals surface area contributed by atoms with Gasteiger partial charge in [0.25, 0.3) is 0 Å². The third-order valence-corrected chi connectivity index (χ3v) is 6.32. The summed E-state index contributed by atoms with van der Waals surface area (Å²) < 4.78 is 31.1. The number of nitrogens with zero attached hydrogens (tertiary/aromatic N) is 2. The van der Waals surface area contributed by atoms with Crippen LogP contribution >= 0.6 is 0 Å². The molecule has 1 saturated carbocycles. The van der Waals surface area contributed by atoms with E-state index < -0.39 is 21.5 Å². The molecule has 0 radical (unpaired) electrons. The van der Waals surface area contributed by atoms with Crippen molar-refractivity contribution in [1.29, 1.82) is 0 Å². The smallest absolute Gasteiger partial charge is 0.339 e. The van der Waals surface area contributed by atoms with Crippen molar-refractivity contribution in [3.05, 3.63) is 23.5 Å². The van der Waals surface area contributed by atoms with E-state index in [4.69, 9.17) is 0 Å². The average molecular weight is 296 g/mol. The summed E-state index contributed by atoms with van der Waals surface area (Å²) in [5.74, 6) is -0.578. The molecule has 1 aromatic rings. The lowest BCUT2D eigenvalue weighted by Gasteiger charge is -2.29. The van der Waals surface area contributed by atoms with Crippen LogP contribution in [-0.4, -0.2) is 37.8 Å². The minimum atomic E-state index is -3.58. The molecule has 0 aromatic carbocycles. The summed E-state index contributed by atoms with van der Waals surface area (Å²) in [6.07, 6.45) is 4.93. The zero-order valence-corrected chi connectivity index (χ0v) is 12.2. The van der Waals surface area contributed by atoms with Crippen LogP contribution in [0, 0.1) is 0 Å². The summed E-state index contributed by atoms with van der Waals surface area (Å²) in [6, 6.07) is 1.38. The number of methoxy groups -OCH3 is 1. The number of fused-ring (bicyclic) bond motifs is 2. The molecular formula is C13H16N2O4S. The topological polar surface area (TPSA) is 76.6 Å². The Morgan fingerprint density at radius 2 is 2.05 bits per heavy atom. The van der Waals surface area contributed by atoms with E-state index in [-0.39, 0.29) is 10.5 Å². The predicted octanol–water partition coefficient (Wildman–Crippen LogP) is 1.27. The van der Waals surface area contributed by atoms with Crippen LogP contribution < -0.4 is 0 Å². The van der Waals surface area contributed by atoms with Crippen LogP contribution in [0.1, 0.15) is 41.7 Å². The standard InChI is InChI=1S/C13H16N2O4S/c1-15-13(5-3-4-6-13)11-10(20(15,17)18)7-9(8-14-11)12(16)19-2/h7-8H,3-6H2,1-2H3. The zero-order chi connectivity index (χ0) is 14.5. The summed E-state index contributed by atoms with van der Waals surface area (Å²) in [5, 5.41) is 0. The van der Waals surface area contributed by atoms with Crippen molar-refractivity contribution in [2.45, 2.75) is 36.1 Å². The molecule has 0 bridgehead atoms. The Hall–Kier alpha value is -1.47. The van der Waals surface area contributed by atoms with Gasteiger partial charge in [-0.2, -0.15) is 4.31 Å². The van der Waals surface area contributed by atoms with Gasteiger partial charge in [-0.05, 0) is 18.9 Å². The van der Waals surface area contributed by atoms with Gasteiger partial charge in [0, 0.05) is 13.2 Å². The largest absolute Gasteiger partial charge is 0.465 e. The fourth-order valence-corrected chi connectivity index (χ4v) is 5.05. The van der Waals surface area contributed by atoms with Crippen molar-refractivity contribution < 1.29 is 17.9 Å². The van der Waals surface area contributed by atoms with Crippen molar-refractivity contribution in [3.63, 3.8) is 0 Å². The van der Waals surface area contributed by atoms with Gasteiger partial charge in [-0.25, -0.2) is 13.2 Å². The van der Waals surface area contributed by atoms with Gasteiger partial charge in [-0.3, -0.25) is 4.98 Å². The molecule has 1 aromatic heterocycles. The van der Waals surface area contributed by atoms with Gasteiger partial charge in [0.15, 0.2) is 0 Å². The first-order valence-corrected chi connectivity index (χ1v) is 7.95. The molecule has 20 heavy (non-hydrogen) atoms. The Labute approximate surface area is 117 Å². The molecular weight excluding hydrogens is 280 g/mol. The number of hydrogen-bond donors (Lipinski definition) is 0. The van der Waals surface area contributed by atoms with Gasteiger partial charge >= 0.3 is 5.97 Å². The third-order valence-electron chi connectivity index (χ3n) is 4.39. The normalized spacial score (nSPS) is 22.9. The van der Waals surface area contributed by atoms with Crippen LogP contribution in [0.4, 0.5) is 0 Å². The first-order valence-electron chi connectivity index (χ1n) is 6.51. The number of sulfonamides is 1. The van der Waals surface area contributed by atoms with Crippen LogP contribution in [0.15, 0.2) is 17.2 Å². The number of carbonyl (C=O) groups is 1. The van der Waals surface area contributed by atoms with Gasteiger partial charge in [0.05, 0.1) is 23.9 Å². The Balaban J connectivity index is 2.22. The van der Waals surface area contributed by atoms with E-state index >= 15 is 0 Å². The van der Waals surface area contributed by atoms with Crippen LogP contribution in [0.3, 0.4) is 0 Å². The maximum absolute atomic E-state index is 12.5. The maximum Gasteiger partial charge on any atom is 0.339 e. The lowest BCUT2D eigenvalue weighted by Crippen LogP contribution is -2.38. The second kappa shape index (κ2) is 4.26. The van der Waals surface area contributed by atoms with Crippen LogP contribution in [0.2, 0.25) is 0 Å². The summed E-state index contributed by atoms with van der Waals surface area (Å²) in [6.45, 7) is 0. The Morgan fingerprint density at radius 3 is 2.65 bits per heavy atom. The molecule has 0 saturated heterocycles. The highest BCUT2D eigenvalue weighted by atomic mass is 32.2. The molecule has 0 amide bonds. The first kappa shape index (κ1) is 13.5. The third kappa shape index (κ3) is 1.56. The van der Waals surface area contributed by atoms with Crippen LogP contribution in [-0.2, 0) is 20.3 Å². The van der Waals surface area contributed by atoms with Crippen molar-refractivity contribution in [1.82, 2.24) is 9.29 Å². The highest BCUT2D eigenvalue weighted by Crippen LogP contribution is 2.51. The van der Waals surface area contributed by atoms with E-state index in [1.165, 1.54) is 23.7 Å². The van der Waals surface area contributed by atoms with Gasteiger partial charge in [-0.1, -0.05) is 12.8 Å². The van der Waals surface area contributed by atoms with Crippen molar-refractivity contribution in [2.24, 2.45) is 0 Å². The second-order valence-corrected chi connectivity index (χ2v) is 7.21. The number of esters is 1. The van der Waals surface area contributed by atoms with Crippen molar-refractivity contribution in [2.75, 3.05) is 14.2 Å². The number of hydrogen-bond acceptors (Lipinski definition) is 5. The van der Waals surface area contributed by atoms with Crippen molar-refractivity contribution >= 4 is 16.0 Å². The van der Waals surface area contributed by atoms with E-state index in [1.807, 2.05) is 0 Å². The zero-order valence-electron chi connectivity index (χ0n) is 11.4. The Kier molecular flexibility index (Phi) is 2.88. The maximum atomic E-state index is 12.5. The molecule has 0 unspecified atom stereocenters. The molecule has 1 fully saturated rings. The molecule has 6 nitrogen and oxygen atoms in total. The molecule has 0 N–H and O–H groups in total. The number of aromatic nitrogens is 1. The predicted molar refractivity (Wildman–Crippen MR) is 70.7 cm³/mol. The van der Waals surface area contributed by atoms with Crippen LogP contribution in [0.5, 0.6) is 0 Å². The molecule has 108 valence electrons. The quantitative estimate of drug-likeness (QED) is 0.729. The van der Waals surface area contributed by atoms with E-state index in [1.54, 1.807) is 7.05 Å². The fourth-order valence-electron chi connectivity index (χ4n) is 3.26. The number of ether oxygens (including phenoxy) is 1. The van der Waals surface area contributed by atoms with Gasteiger partial charge < -0.3 is 4.74 Å². The molecule has 1 aliphatic carbocycles. The SMILES string of the molecule is COC(=O)c1cnc2c(c1)S(=O)(=O)N(C)C21CCCC1. The second-order valence-electron chi connectivity index (χ2n) is 5.27. The minimum absolute atomic E-state index is 0.143. The van der Waals surface area contributed by atoms with Gasteiger partial charge in [-0.15, -0.1) is 0 Å².